The van der Waals surface area contributed by atoms with Gasteiger partial charge in [-0.05, 0) is 73.0 Å². The lowest BCUT2D eigenvalue weighted by molar-refractivity contribution is -0.0273. The van der Waals surface area contributed by atoms with Crippen molar-refractivity contribution < 1.29 is 0 Å². The van der Waals surface area contributed by atoms with Crippen LogP contribution in [-0.2, 0) is 0 Å². The fraction of sp³-hybridized carbons (Fsp3) is 0.800. The normalized spacial score (nSPS) is 42.8. The monoisotopic (exact) mass is 272 g/mol. The molecule has 0 nitrogen and oxygen atoms in total. The number of hydrogen-bond donors (Lipinski definition) is 0. The predicted octanol–water partition coefficient (Wildman–Crippen LogP) is 6.00. The van der Waals surface area contributed by atoms with Gasteiger partial charge in [-0.25, -0.2) is 0 Å². The van der Waals surface area contributed by atoms with Crippen LogP contribution in [0.5, 0.6) is 0 Å². The van der Waals surface area contributed by atoms with Crippen LogP contribution >= 0.6 is 0 Å². The van der Waals surface area contributed by atoms with E-state index in [1.165, 1.54) is 49.7 Å². The summed E-state index contributed by atoms with van der Waals surface area (Å²) >= 11 is 0. The van der Waals surface area contributed by atoms with Crippen molar-refractivity contribution in [3.63, 3.8) is 0 Å². The van der Waals surface area contributed by atoms with Crippen molar-refractivity contribution in [2.24, 2.45) is 34.5 Å². The van der Waals surface area contributed by atoms with Crippen LogP contribution in [0.3, 0.4) is 0 Å². The molecule has 0 aromatic rings. The topological polar surface area (TPSA) is 0 Å². The first kappa shape index (κ1) is 14.4. The van der Waals surface area contributed by atoms with E-state index in [1.54, 1.807) is 0 Å². The average Bonchev–Trinajstić information content (AvgIpc) is 2.38. The number of allylic oxidation sites excluding steroid dienone is 2. The van der Waals surface area contributed by atoms with Gasteiger partial charge in [0.1, 0.15) is 0 Å². The molecule has 0 aromatic heterocycles. The van der Waals surface area contributed by atoms with Gasteiger partial charge in [0.15, 0.2) is 0 Å². The predicted molar refractivity (Wildman–Crippen MR) is 87.5 cm³/mol. The first-order valence-electron chi connectivity index (χ1n) is 8.60. The molecule has 0 radical (unpaired) electrons. The maximum atomic E-state index is 4.13. The van der Waals surface area contributed by atoms with E-state index in [0.29, 0.717) is 10.8 Å². The summed E-state index contributed by atoms with van der Waals surface area (Å²) in [5, 5.41) is 0. The highest BCUT2D eigenvalue weighted by Gasteiger charge is 2.52. The van der Waals surface area contributed by atoms with Crippen molar-refractivity contribution in [3.05, 3.63) is 24.3 Å². The largest absolute Gasteiger partial charge is 0.0996 e. The van der Waals surface area contributed by atoms with E-state index < -0.39 is 0 Å². The summed E-state index contributed by atoms with van der Waals surface area (Å²) in [6.07, 6.45) is 8.29. The molecule has 6 saturated carbocycles. The molecule has 0 aliphatic heterocycles. The first-order chi connectivity index (χ1) is 9.24. The second-order valence-corrected chi connectivity index (χ2v) is 9.01. The van der Waals surface area contributed by atoms with E-state index in [0.717, 1.165) is 23.7 Å². The van der Waals surface area contributed by atoms with Crippen molar-refractivity contribution in [2.45, 2.75) is 66.2 Å². The Balaban J connectivity index is 0.000000121. The minimum Gasteiger partial charge on any atom is -0.0996 e. The van der Waals surface area contributed by atoms with Gasteiger partial charge < -0.3 is 0 Å². The Kier molecular flexibility index (Phi) is 3.23. The fourth-order valence-electron chi connectivity index (χ4n) is 5.47. The lowest BCUT2D eigenvalue weighted by atomic mass is 9.47. The molecule has 0 heteroatoms. The van der Waals surface area contributed by atoms with Crippen LogP contribution in [0, 0.1) is 34.5 Å². The average molecular weight is 272 g/mol. The smallest absolute Gasteiger partial charge is 0.0149 e. The van der Waals surface area contributed by atoms with Crippen LogP contribution in [0.25, 0.3) is 0 Å². The molecule has 6 aliphatic rings. The molecule has 6 rings (SSSR count). The van der Waals surface area contributed by atoms with E-state index in [1.807, 2.05) is 0 Å². The molecule has 0 saturated heterocycles. The quantitative estimate of drug-likeness (QED) is 0.475. The molecule has 0 spiro atoms. The van der Waals surface area contributed by atoms with Crippen LogP contribution in [0.1, 0.15) is 66.2 Å². The summed E-state index contributed by atoms with van der Waals surface area (Å²) in [6, 6.07) is 0. The van der Waals surface area contributed by atoms with Crippen molar-refractivity contribution in [2.75, 3.05) is 0 Å². The van der Waals surface area contributed by atoms with Crippen molar-refractivity contribution in [3.8, 4) is 0 Å². The Morgan fingerprint density at radius 2 is 1.10 bits per heavy atom. The maximum Gasteiger partial charge on any atom is -0.0149 e. The van der Waals surface area contributed by atoms with Gasteiger partial charge >= 0.3 is 0 Å². The van der Waals surface area contributed by atoms with Gasteiger partial charge in [0, 0.05) is 0 Å². The lowest BCUT2D eigenvalue weighted by Crippen LogP contribution is -2.48. The molecule has 0 aromatic carbocycles. The zero-order chi connectivity index (χ0) is 14.7. The molecule has 0 amide bonds. The van der Waals surface area contributed by atoms with Crippen LogP contribution in [0.4, 0.5) is 0 Å². The molecule has 4 atom stereocenters. The molecule has 0 N–H and O–H groups in total. The second-order valence-electron chi connectivity index (χ2n) is 9.01. The van der Waals surface area contributed by atoms with Gasteiger partial charge in [-0.3, -0.25) is 0 Å². The minimum absolute atomic E-state index is 0.606. The molecule has 6 aliphatic carbocycles. The van der Waals surface area contributed by atoms with E-state index in [-0.39, 0.29) is 0 Å². The zero-order valence-corrected chi connectivity index (χ0v) is 14.0. The van der Waals surface area contributed by atoms with Crippen LogP contribution in [0.15, 0.2) is 24.3 Å². The fourth-order valence-corrected chi connectivity index (χ4v) is 5.47. The second kappa shape index (κ2) is 4.49. The summed E-state index contributed by atoms with van der Waals surface area (Å²) in [4.78, 5) is 0. The maximum absolute atomic E-state index is 4.13. The molecule has 4 bridgehead atoms. The molecule has 6 fully saturated rings. The molecule has 4 unspecified atom stereocenters. The highest BCUT2D eigenvalue weighted by atomic mass is 14.6. The van der Waals surface area contributed by atoms with E-state index in [2.05, 4.69) is 40.9 Å². The highest BCUT2D eigenvalue weighted by molar-refractivity contribution is 5.19. The van der Waals surface area contributed by atoms with Crippen LogP contribution in [-0.4, -0.2) is 0 Å². The van der Waals surface area contributed by atoms with Crippen molar-refractivity contribution >= 4 is 0 Å². The van der Waals surface area contributed by atoms with Crippen LogP contribution in [0.2, 0.25) is 0 Å². The Morgan fingerprint density at radius 3 is 1.25 bits per heavy atom. The van der Waals surface area contributed by atoms with E-state index in [9.17, 15) is 0 Å². The third kappa shape index (κ3) is 1.94. The number of fused-ring (bicyclic) bond motifs is 4. The molecular formula is C20H32. The lowest BCUT2D eigenvalue weighted by Gasteiger charge is -2.57. The Bertz CT molecular complexity index is 391. The van der Waals surface area contributed by atoms with Gasteiger partial charge in [0.2, 0.25) is 0 Å². The number of hydrogen-bond acceptors (Lipinski definition) is 0. The van der Waals surface area contributed by atoms with Gasteiger partial charge in [-0.2, -0.15) is 0 Å². The van der Waals surface area contributed by atoms with Crippen LogP contribution < -0.4 is 0 Å². The van der Waals surface area contributed by atoms with Gasteiger partial charge in [-0.1, -0.05) is 52.0 Å². The summed E-state index contributed by atoms with van der Waals surface area (Å²) in [7, 11) is 0. The molecule has 112 valence electrons. The Morgan fingerprint density at radius 1 is 0.750 bits per heavy atom. The summed E-state index contributed by atoms with van der Waals surface area (Å²) in [5.41, 5.74) is 4.25. The summed E-state index contributed by atoms with van der Waals surface area (Å²) in [5.74, 6) is 3.77. The molecule has 20 heavy (non-hydrogen) atoms. The van der Waals surface area contributed by atoms with Gasteiger partial charge in [0.25, 0.3) is 0 Å². The summed E-state index contributed by atoms with van der Waals surface area (Å²) < 4.78 is 0. The third-order valence-electron chi connectivity index (χ3n) is 7.55. The van der Waals surface area contributed by atoms with Crippen molar-refractivity contribution in [1.82, 2.24) is 0 Å². The minimum atomic E-state index is 0.606. The molecule has 0 heterocycles. The first-order valence-corrected chi connectivity index (χ1v) is 8.60. The van der Waals surface area contributed by atoms with Gasteiger partial charge in [0.05, 0.1) is 0 Å². The Hall–Kier alpha value is -0.520. The third-order valence-corrected chi connectivity index (χ3v) is 7.55. The molecular weight excluding hydrogens is 240 g/mol. The number of rotatable bonds is 0. The SMILES string of the molecule is C=C1CCC2CC1C2(C)C.C=C1CCC2CC1C2(C)C. The zero-order valence-electron chi connectivity index (χ0n) is 14.0. The van der Waals surface area contributed by atoms with E-state index in [4.69, 9.17) is 0 Å². The Labute approximate surface area is 125 Å². The van der Waals surface area contributed by atoms with Gasteiger partial charge in [-0.15, -0.1) is 0 Å². The van der Waals surface area contributed by atoms with E-state index >= 15 is 0 Å². The summed E-state index contributed by atoms with van der Waals surface area (Å²) in [6.45, 7) is 17.9. The van der Waals surface area contributed by atoms with Crippen molar-refractivity contribution in [1.29, 1.82) is 0 Å². The standard InChI is InChI=1S/2C10H16/c2*1-7-4-5-8-6-9(7)10(8,2)3/h2*8-9H,1,4-6H2,2-3H3. The highest BCUT2D eigenvalue weighted by Crippen LogP contribution is 2.61.